The minimum atomic E-state index is -0.302. The predicted molar refractivity (Wildman–Crippen MR) is 55.1 cm³/mol. The highest BCUT2D eigenvalue weighted by molar-refractivity contribution is 8.00. The molecule has 1 aromatic rings. The lowest BCUT2D eigenvalue weighted by atomic mass is 10.2. The predicted octanol–water partition coefficient (Wildman–Crippen LogP) is 2.22. The van der Waals surface area contributed by atoms with Crippen LogP contribution in [0.4, 0.5) is 0 Å². The van der Waals surface area contributed by atoms with E-state index in [4.69, 9.17) is 1.37 Å². The van der Waals surface area contributed by atoms with Crippen LogP contribution in [0.5, 0.6) is 0 Å². The van der Waals surface area contributed by atoms with Gasteiger partial charge in [-0.3, -0.25) is 4.79 Å². The quantitative estimate of drug-likeness (QED) is 0.733. The summed E-state index contributed by atoms with van der Waals surface area (Å²) in [4.78, 5) is 13.0. The largest absolute Gasteiger partial charge is 0.298 e. The zero-order valence-electron chi connectivity index (χ0n) is 8.51. The number of hydrogen-bond donors (Lipinski definition) is 0. The average Bonchev–Trinajstić information content (AvgIpc) is 2.95. The Morgan fingerprint density at radius 3 is 2.50 bits per heavy atom. The van der Waals surface area contributed by atoms with Gasteiger partial charge in [0.25, 0.3) is 0 Å². The molecule has 0 aliphatic heterocycles. The minimum absolute atomic E-state index is 0.0832. The minimum Gasteiger partial charge on any atom is -0.298 e. The van der Waals surface area contributed by atoms with Gasteiger partial charge < -0.3 is 0 Å². The first-order valence-electron chi connectivity index (χ1n) is 5.50. The topological polar surface area (TPSA) is 17.1 Å². The van der Waals surface area contributed by atoms with E-state index in [0.717, 1.165) is 4.90 Å². The number of benzene rings is 1. The summed E-state index contributed by atoms with van der Waals surface area (Å²) in [5, 5.41) is 0.0832. The summed E-state index contributed by atoms with van der Waals surface area (Å²) in [6.45, 7) is 0. The normalized spacial score (nSPS) is 52.6. The molecule has 0 N–H and O–H groups in total. The molecule has 0 amide bonds. The first-order chi connectivity index (χ1) is 7.24. The van der Waals surface area contributed by atoms with Crippen molar-refractivity contribution in [1.29, 1.82) is 0 Å². The van der Waals surface area contributed by atoms with Crippen molar-refractivity contribution < 1.29 is 6.17 Å². The number of Topliss-reactive ketones (excluding diaryl/α,β-unsaturated/α-hetero) is 1. The van der Waals surface area contributed by atoms with Crippen molar-refractivity contribution in [2.75, 3.05) is 0 Å². The van der Waals surface area contributed by atoms with Crippen LogP contribution in [-0.4, -0.2) is 11.0 Å². The molecule has 0 spiro atoms. The second-order valence-corrected chi connectivity index (χ2v) is 5.50. The van der Waals surface area contributed by atoms with E-state index in [9.17, 15) is 4.79 Å². The molecule has 4 aliphatic carbocycles. The Morgan fingerprint density at radius 2 is 1.93 bits per heavy atom. The molecule has 5 rings (SSSR count). The van der Waals surface area contributed by atoms with Crippen molar-refractivity contribution in [3.05, 3.63) is 30.3 Å². The Labute approximate surface area is 88.3 Å². The molecule has 0 saturated heterocycles. The zero-order valence-corrected chi connectivity index (χ0v) is 8.33. The number of ketones is 1. The lowest BCUT2D eigenvalue weighted by Crippen LogP contribution is -2.09. The fraction of sp³-hybridized carbons (Fsp3) is 0.417. The number of hydrogen-bond acceptors (Lipinski definition) is 2. The summed E-state index contributed by atoms with van der Waals surface area (Å²) >= 11 is 1.66. The molecule has 14 heavy (non-hydrogen) atoms. The molecule has 5 atom stereocenters. The van der Waals surface area contributed by atoms with E-state index in [1.54, 1.807) is 11.8 Å². The third kappa shape index (κ3) is 0.765. The zero-order chi connectivity index (χ0) is 10.2. The molecule has 1 aromatic carbocycles. The van der Waals surface area contributed by atoms with Crippen molar-refractivity contribution in [3.63, 3.8) is 0 Å². The maximum Gasteiger partial charge on any atom is 0.150 e. The van der Waals surface area contributed by atoms with Gasteiger partial charge in [0.2, 0.25) is 0 Å². The van der Waals surface area contributed by atoms with Crippen LogP contribution in [0.25, 0.3) is 0 Å². The first kappa shape index (κ1) is 6.67. The van der Waals surface area contributed by atoms with Crippen molar-refractivity contribution in [3.8, 4) is 0 Å². The summed E-state index contributed by atoms with van der Waals surface area (Å²) < 4.78 is 7.99. The molecule has 0 unspecified atom stereocenters. The van der Waals surface area contributed by atoms with Crippen LogP contribution in [0.15, 0.2) is 35.2 Å². The molecule has 70 valence electrons. The van der Waals surface area contributed by atoms with Crippen LogP contribution in [-0.2, 0) is 4.79 Å². The van der Waals surface area contributed by atoms with Crippen molar-refractivity contribution in [2.24, 2.45) is 23.6 Å². The molecule has 4 aliphatic rings. The second-order valence-electron chi connectivity index (χ2n) is 4.28. The van der Waals surface area contributed by atoms with Crippen LogP contribution in [0.2, 0.25) is 0 Å². The highest BCUT2D eigenvalue weighted by Gasteiger charge is 2.84. The highest BCUT2D eigenvalue weighted by atomic mass is 32.2. The van der Waals surface area contributed by atoms with Crippen LogP contribution >= 0.6 is 11.8 Å². The van der Waals surface area contributed by atoms with Gasteiger partial charge >= 0.3 is 0 Å². The fourth-order valence-corrected chi connectivity index (χ4v) is 4.10. The van der Waals surface area contributed by atoms with Gasteiger partial charge in [-0.25, -0.2) is 0 Å². The fourth-order valence-electron chi connectivity index (χ4n) is 2.76. The van der Waals surface area contributed by atoms with E-state index in [2.05, 4.69) is 0 Å². The van der Waals surface area contributed by atoms with E-state index in [-0.39, 0.29) is 17.1 Å². The Kier molecular flexibility index (Phi) is 1.07. The van der Waals surface area contributed by atoms with Crippen LogP contribution in [0.3, 0.4) is 0 Å². The van der Waals surface area contributed by atoms with Crippen molar-refractivity contribution >= 4 is 17.5 Å². The monoisotopic (exact) mass is 203 g/mol. The Bertz CT molecular complexity index is 460. The van der Waals surface area contributed by atoms with E-state index < -0.39 is 0 Å². The number of thioether (sulfide) groups is 1. The van der Waals surface area contributed by atoms with Crippen LogP contribution in [0, 0.1) is 23.6 Å². The summed E-state index contributed by atoms with van der Waals surface area (Å²) in [5.41, 5.74) is 0. The summed E-state index contributed by atoms with van der Waals surface area (Å²) in [5.74, 6) is 0.966. The highest BCUT2D eigenvalue weighted by Crippen LogP contribution is 2.82. The van der Waals surface area contributed by atoms with Crippen molar-refractivity contribution in [1.82, 2.24) is 0 Å². The average molecular weight is 203 g/mol. The van der Waals surface area contributed by atoms with Gasteiger partial charge in [0.15, 0.2) is 0 Å². The van der Waals surface area contributed by atoms with Gasteiger partial charge in [0.1, 0.15) is 5.78 Å². The van der Waals surface area contributed by atoms with Crippen LogP contribution < -0.4 is 0 Å². The second kappa shape index (κ2) is 2.25. The number of rotatable bonds is 2. The lowest BCUT2D eigenvalue weighted by molar-refractivity contribution is -0.118. The summed E-state index contributed by atoms with van der Waals surface area (Å²) in [6.07, 6.45) is 0. The molecule has 1 nitrogen and oxygen atoms in total. The molecule has 0 heterocycles. The molecule has 4 saturated carbocycles. The molecular formula is C12H10OS. The van der Waals surface area contributed by atoms with Crippen LogP contribution in [0.1, 0.15) is 1.37 Å². The third-order valence-electron chi connectivity index (χ3n) is 3.58. The summed E-state index contributed by atoms with van der Waals surface area (Å²) in [6, 6.07) is 10.1. The SMILES string of the molecule is [2H][C@]12[C@@H]3[C@H]1[C@H]2C(=O)[C@H]3Sc1ccccc1. The molecule has 4 fully saturated rings. The maximum absolute atomic E-state index is 11.8. The smallest absolute Gasteiger partial charge is 0.150 e. The third-order valence-corrected chi connectivity index (χ3v) is 4.90. The van der Waals surface area contributed by atoms with Gasteiger partial charge in [-0.15, -0.1) is 11.8 Å². The van der Waals surface area contributed by atoms with Gasteiger partial charge in [-0.05, 0) is 29.9 Å². The van der Waals surface area contributed by atoms with Gasteiger partial charge in [-0.2, -0.15) is 0 Å². The molecule has 2 bridgehead atoms. The first-order valence-corrected chi connectivity index (χ1v) is 5.88. The maximum atomic E-state index is 11.8. The van der Waals surface area contributed by atoms with E-state index in [1.165, 1.54) is 0 Å². The summed E-state index contributed by atoms with van der Waals surface area (Å²) in [7, 11) is 0. The number of fused-ring (bicyclic) bond motifs is 1. The Balaban J connectivity index is 1.59. The standard InChI is InChI=1S/C12H10OS/c13-11-9-7-8(9)10(7)12(11)14-6-4-2-1-3-5-6/h1-5,7-10,12H/t7-,8+,9-,10+,12-/m0/s1/i7D. The molecule has 0 radical (unpaired) electrons. The van der Waals surface area contributed by atoms with E-state index in [0.29, 0.717) is 17.6 Å². The van der Waals surface area contributed by atoms with E-state index in [1.807, 2.05) is 30.3 Å². The Morgan fingerprint density at radius 1 is 1.21 bits per heavy atom. The molecular weight excluding hydrogens is 192 g/mol. The van der Waals surface area contributed by atoms with Gasteiger partial charge in [0, 0.05) is 12.2 Å². The van der Waals surface area contributed by atoms with Gasteiger partial charge in [-0.1, -0.05) is 18.2 Å². The molecule has 2 heteroatoms. The number of carbonyl (C=O) groups is 1. The Hall–Kier alpha value is -0.760. The van der Waals surface area contributed by atoms with E-state index >= 15 is 0 Å². The lowest BCUT2D eigenvalue weighted by Gasteiger charge is -2.06. The van der Waals surface area contributed by atoms with Gasteiger partial charge in [0.05, 0.1) is 5.25 Å². The van der Waals surface area contributed by atoms with Crippen molar-refractivity contribution in [2.45, 2.75) is 10.1 Å². The molecule has 0 aromatic heterocycles. The number of carbonyl (C=O) groups excluding carboxylic acids is 1.